The Balaban J connectivity index is 2.23. The Hall–Kier alpha value is -1.37. The SMILES string of the molecule is CNC(C#N)(CN1CC(C)CCC1C)c1ccccc1. The maximum absolute atomic E-state index is 9.77. The average molecular weight is 271 g/mol. The number of nitrogens with zero attached hydrogens (tertiary/aromatic N) is 2. The lowest BCUT2D eigenvalue weighted by Gasteiger charge is -2.41. The number of nitriles is 1. The van der Waals surface area contributed by atoms with E-state index in [1.807, 2.05) is 37.4 Å². The molecule has 1 saturated heterocycles. The largest absolute Gasteiger partial charge is 0.298 e. The van der Waals surface area contributed by atoms with E-state index in [2.05, 4.69) is 30.1 Å². The first-order chi connectivity index (χ1) is 9.61. The van der Waals surface area contributed by atoms with Gasteiger partial charge in [0.1, 0.15) is 5.54 Å². The molecule has 1 aromatic rings. The molecule has 3 heteroatoms. The molecule has 0 spiro atoms. The van der Waals surface area contributed by atoms with Crippen LogP contribution in [0.3, 0.4) is 0 Å². The first-order valence-corrected chi connectivity index (χ1v) is 7.51. The number of rotatable bonds is 4. The monoisotopic (exact) mass is 271 g/mol. The zero-order valence-corrected chi connectivity index (χ0v) is 12.8. The molecule has 0 aromatic heterocycles. The molecule has 1 N–H and O–H groups in total. The van der Waals surface area contributed by atoms with Crippen LogP contribution >= 0.6 is 0 Å². The van der Waals surface area contributed by atoms with E-state index in [1.165, 1.54) is 12.8 Å². The molecule has 0 radical (unpaired) electrons. The van der Waals surface area contributed by atoms with E-state index in [9.17, 15) is 5.26 Å². The number of likely N-dealkylation sites (tertiary alicyclic amines) is 1. The smallest absolute Gasteiger partial charge is 0.144 e. The van der Waals surface area contributed by atoms with Crippen molar-refractivity contribution in [2.24, 2.45) is 5.92 Å². The van der Waals surface area contributed by atoms with Crippen molar-refractivity contribution in [3.8, 4) is 6.07 Å². The highest BCUT2D eigenvalue weighted by Crippen LogP contribution is 2.27. The molecule has 20 heavy (non-hydrogen) atoms. The van der Waals surface area contributed by atoms with Gasteiger partial charge in [-0.2, -0.15) is 5.26 Å². The summed E-state index contributed by atoms with van der Waals surface area (Å²) in [5.41, 5.74) is 0.433. The van der Waals surface area contributed by atoms with E-state index in [1.54, 1.807) is 0 Å². The topological polar surface area (TPSA) is 39.1 Å². The third-order valence-electron chi connectivity index (χ3n) is 4.57. The van der Waals surface area contributed by atoms with Crippen molar-refractivity contribution < 1.29 is 0 Å². The van der Waals surface area contributed by atoms with E-state index in [0.29, 0.717) is 6.04 Å². The van der Waals surface area contributed by atoms with Crippen molar-refractivity contribution in [1.82, 2.24) is 10.2 Å². The molecule has 1 fully saturated rings. The van der Waals surface area contributed by atoms with Gasteiger partial charge >= 0.3 is 0 Å². The Morgan fingerprint density at radius 2 is 2.00 bits per heavy atom. The first-order valence-electron chi connectivity index (χ1n) is 7.51. The standard InChI is InChI=1S/C17H25N3/c1-14-9-10-15(2)20(11-14)13-17(12-18,19-3)16-7-5-4-6-8-16/h4-8,14-15,19H,9-11,13H2,1-3H3. The molecule has 1 aliphatic heterocycles. The summed E-state index contributed by atoms with van der Waals surface area (Å²) in [6.07, 6.45) is 2.52. The Labute approximate surface area is 122 Å². The van der Waals surface area contributed by atoms with Crippen LogP contribution in [-0.2, 0) is 5.54 Å². The van der Waals surface area contributed by atoms with Crippen molar-refractivity contribution in [3.63, 3.8) is 0 Å². The molecule has 3 atom stereocenters. The minimum Gasteiger partial charge on any atom is -0.298 e. The van der Waals surface area contributed by atoms with Crippen molar-refractivity contribution >= 4 is 0 Å². The first kappa shape index (κ1) is 15.0. The van der Waals surface area contributed by atoms with Gasteiger partial charge in [0.15, 0.2) is 0 Å². The fraction of sp³-hybridized carbons (Fsp3) is 0.588. The second kappa shape index (κ2) is 6.39. The highest BCUT2D eigenvalue weighted by Gasteiger charge is 2.35. The van der Waals surface area contributed by atoms with Gasteiger partial charge in [-0.15, -0.1) is 0 Å². The summed E-state index contributed by atoms with van der Waals surface area (Å²) in [4.78, 5) is 2.46. The molecular weight excluding hydrogens is 246 g/mol. The maximum atomic E-state index is 9.77. The Morgan fingerprint density at radius 1 is 1.30 bits per heavy atom. The molecule has 1 aliphatic rings. The second-order valence-electron chi connectivity index (χ2n) is 6.09. The van der Waals surface area contributed by atoms with Crippen LogP contribution in [0.4, 0.5) is 0 Å². The van der Waals surface area contributed by atoms with Gasteiger partial charge in [-0.25, -0.2) is 0 Å². The average Bonchev–Trinajstić information content (AvgIpc) is 2.49. The summed E-state index contributed by atoms with van der Waals surface area (Å²) in [5.74, 6) is 0.718. The van der Waals surface area contributed by atoms with Crippen molar-refractivity contribution in [2.45, 2.75) is 38.3 Å². The predicted octanol–water partition coefficient (Wildman–Crippen LogP) is 2.75. The fourth-order valence-electron chi connectivity index (χ4n) is 3.10. The van der Waals surface area contributed by atoms with Gasteiger partial charge in [-0.3, -0.25) is 10.2 Å². The number of piperidine rings is 1. The number of nitrogens with one attached hydrogen (secondary N) is 1. The Morgan fingerprint density at radius 3 is 2.60 bits per heavy atom. The minimum atomic E-state index is -0.618. The van der Waals surface area contributed by atoms with Crippen LogP contribution in [0.5, 0.6) is 0 Å². The fourth-order valence-corrected chi connectivity index (χ4v) is 3.10. The van der Waals surface area contributed by atoms with Crippen LogP contribution in [0.1, 0.15) is 32.3 Å². The van der Waals surface area contributed by atoms with Gasteiger partial charge < -0.3 is 0 Å². The number of likely N-dealkylation sites (N-methyl/N-ethyl adjacent to an activating group) is 1. The van der Waals surface area contributed by atoms with E-state index in [-0.39, 0.29) is 0 Å². The number of hydrogen-bond donors (Lipinski definition) is 1. The van der Waals surface area contributed by atoms with E-state index in [0.717, 1.165) is 24.6 Å². The molecule has 108 valence electrons. The number of benzene rings is 1. The van der Waals surface area contributed by atoms with Crippen molar-refractivity contribution in [3.05, 3.63) is 35.9 Å². The van der Waals surface area contributed by atoms with Crippen LogP contribution in [0, 0.1) is 17.2 Å². The summed E-state index contributed by atoms with van der Waals surface area (Å²) < 4.78 is 0. The third kappa shape index (κ3) is 3.03. The van der Waals surface area contributed by atoms with E-state index < -0.39 is 5.54 Å². The summed E-state index contributed by atoms with van der Waals surface area (Å²) >= 11 is 0. The molecule has 0 saturated carbocycles. The molecule has 1 aromatic carbocycles. The van der Waals surface area contributed by atoms with E-state index in [4.69, 9.17) is 0 Å². The van der Waals surface area contributed by atoms with Gasteiger partial charge in [-0.05, 0) is 38.3 Å². The lowest BCUT2D eigenvalue weighted by atomic mass is 9.87. The molecular formula is C17H25N3. The lowest BCUT2D eigenvalue weighted by Crippen LogP contribution is -2.53. The summed E-state index contributed by atoms with van der Waals surface area (Å²) in [5, 5.41) is 13.0. The van der Waals surface area contributed by atoms with Gasteiger partial charge in [0.25, 0.3) is 0 Å². The zero-order chi connectivity index (χ0) is 14.6. The van der Waals surface area contributed by atoms with Crippen molar-refractivity contribution in [1.29, 1.82) is 5.26 Å². The summed E-state index contributed by atoms with van der Waals surface area (Å²) in [6.45, 7) is 6.40. The summed E-state index contributed by atoms with van der Waals surface area (Å²) in [6, 6.07) is 13.1. The van der Waals surface area contributed by atoms with Gasteiger partial charge in [-0.1, -0.05) is 37.3 Å². The minimum absolute atomic E-state index is 0.552. The quantitative estimate of drug-likeness (QED) is 0.915. The Kier molecular flexibility index (Phi) is 4.80. The van der Waals surface area contributed by atoms with Gasteiger partial charge in [0.05, 0.1) is 6.07 Å². The molecule has 2 rings (SSSR count). The number of hydrogen-bond acceptors (Lipinski definition) is 3. The van der Waals surface area contributed by atoms with Crippen LogP contribution in [0.25, 0.3) is 0 Å². The molecule has 3 nitrogen and oxygen atoms in total. The van der Waals surface area contributed by atoms with Gasteiger partial charge in [0, 0.05) is 19.1 Å². The predicted molar refractivity (Wildman–Crippen MR) is 82.2 cm³/mol. The molecule has 0 aliphatic carbocycles. The molecule has 0 bridgehead atoms. The lowest BCUT2D eigenvalue weighted by molar-refractivity contribution is 0.0997. The Bertz CT molecular complexity index is 465. The van der Waals surface area contributed by atoms with Crippen LogP contribution < -0.4 is 5.32 Å². The molecule has 1 heterocycles. The van der Waals surface area contributed by atoms with E-state index >= 15 is 0 Å². The summed E-state index contributed by atoms with van der Waals surface area (Å²) in [7, 11) is 1.88. The highest BCUT2D eigenvalue weighted by molar-refractivity contribution is 5.32. The molecule has 0 amide bonds. The van der Waals surface area contributed by atoms with Crippen LogP contribution in [-0.4, -0.2) is 31.1 Å². The van der Waals surface area contributed by atoms with Gasteiger partial charge in [0.2, 0.25) is 0 Å². The second-order valence-corrected chi connectivity index (χ2v) is 6.09. The zero-order valence-electron chi connectivity index (χ0n) is 12.8. The highest BCUT2D eigenvalue weighted by atomic mass is 15.2. The normalized spacial score (nSPS) is 26.7. The molecule has 3 unspecified atom stereocenters. The van der Waals surface area contributed by atoms with Crippen LogP contribution in [0.15, 0.2) is 30.3 Å². The maximum Gasteiger partial charge on any atom is 0.144 e. The third-order valence-corrected chi connectivity index (χ3v) is 4.57. The van der Waals surface area contributed by atoms with Crippen LogP contribution in [0.2, 0.25) is 0 Å². The van der Waals surface area contributed by atoms with Crippen molar-refractivity contribution in [2.75, 3.05) is 20.1 Å².